The molecule has 0 aliphatic carbocycles. The highest BCUT2D eigenvalue weighted by molar-refractivity contribution is 5.96. The number of esters is 1. The van der Waals surface area contributed by atoms with E-state index in [9.17, 15) is 14.4 Å². The van der Waals surface area contributed by atoms with E-state index in [2.05, 4.69) is 0 Å². The minimum Gasteiger partial charge on any atom is -0.459 e. The van der Waals surface area contributed by atoms with Crippen molar-refractivity contribution in [3.63, 3.8) is 0 Å². The number of likely N-dealkylation sites (tertiary alicyclic amines) is 1. The highest BCUT2D eigenvalue weighted by Crippen LogP contribution is 2.26. The molecule has 140 valence electrons. The third-order valence-electron chi connectivity index (χ3n) is 4.96. The van der Waals surface area contributed by atoms with Gasteiger partial charge in [0.1, 0.15) is 11.8 Å². The number of hydrogen-bond acceptors (Lipinski definition) is 5. The van der Waals surface area contributed by atoms with Crippen molar-refractivity contribution in [2.75, 3.05) is 18.0 Å². The maximum atomic E-state index is 12.6. The number of amides is 2. The van der Waals surface area contributed by atoms with Gasteiger partial charge >= 0.3 is 5.97 Å². The van der Waals surface area contributed by atoms with Crippen LogP contribution in [0.25, 0.3) is 0 Å². The van der Waals surface area contributed by atoms with E-state index in [1.54, 1.807) is 41.3 Å². The van der Waals surface area contributed by atoms with E-state index >= 15 is 0 Å². The van der Waals surface area contributed by atoms with Crippen molar-refractivity contribution in [3.05, 3.63) is 48.4 Å². The van der Waals surface area contributed by atoms with Crippen molar-refractivity contribution < 1.29 is 23.5 Å². The Bertz CT molecular complexity index is 844. The normalized spacial score (nSPS) is 19.6. The molecule has 2 amide bonds. The van der Waals surface area contributed by atoms with Crippen LogP contribution in [0.4, 0.5) is 5.69 Å². The Morgan fingerprint density at radius 1 is 1.07 bits per heavy atom. The summed E-state index contributed by atoms with van der Waals surface area (Å²) in [5.41, 5.74) is 0.799. The summed E-state index contributed by atoms with van der Waals surface area (Å²) in [6.07, 6.45) is 4.16. The van der Waals surface area contributed by atoms with Crippen LogP contribution >= 0.6 is 0 Å². The SMILES string of the molecule is O=C(Oc1ccc(N2CCCC2=O)cc1)C1CCCN1C(=O)c1ccco1. The van der Waals surface area contributed by atoms with Crippen LogP contribution in [0.1, 0.15) is 36.2 Å². The molecule has 2 fully saturated rings. The second kappa shape index (κ2) is 7.26. The number of ether oxygens (including phenoxy) is 1. The van der Waals surface area contributed by atoms with Crippen LogP contribution in [-0.2, 0) is 9.59 Å². The van der Waals surface area contributed by atoms with Crippen LogP contribution < -0.4 is 9.64 Å². The molecule has 0 spiro atoms. The first-order chi connectivity index (χ1) is 13.1. The lowest BCUT2D eigenvalue weighted by atomic mass is 10.2. The first kappa shape index (κ1) is 17.3. The summed E-state index contributed by atoms with van der Waals surface area (Å²) < 4.78 is 10.6. The molecular formula is C20H20N2O5. The molecule has 7 heteroatoms. The van der Waals surface area contributed by atoms with Gasteiger partial charge in [0, 0.05) is 25.2 Å². The van der Waals surface area contributed by atoms with E-state index in [-0.39, 0.29) is 17.6 Å². The van der Waals surface area contributed by atoms with Crippen molar-refractivity contribution in [3.8, 4) is 5.75 Å². The van der Waals surface area contributed by atoms with E-state index < -0.39 is 12.0 Å². The zero-order valence-electron chi connectivity index (χ0n) is 14.8. The number of furan rings is 1. The van der Waals surface area contributed by atoms with Gasteiger partial charge < -0.3 is 19.0 Å². The van der Waals surface area contributed by atoms with Crippen LogP contribution in [0, 0.1) is 0 Å². The molecule has 27 heavy (non-hydrogen) atoms. The molecule has 0 N–H and O–H groups in total. The van der Waals surface area contributed by atoms with Crippen LogP contribution in [0.5, 0.6) is 5.75 Å². The van der Waals surface area contributed by atoms with Crippen molar-refractivity contribution in [2.45, 2.75) is 31.7 Å². The minimum absolute atomic E-state index is 0.109. The number of carbonyl (C=O) groups excluding carboxylic acids is 3. The molecule has 1 unspecified atom stereocenters. The largest absolute Gasteiger partial charge is 0.459 e. The molecule has 7 nitrogen and oxygen atoms in total. The summed E-state index contributed by atoms with van der Waals surface area (Å²) in [6, 6.07) is 9.49. The van der Waals surface area contributed by atoms with Crippen molar-refractivity contribution in [2.24, 2.45) is 0 Å². The minimum atomic E-state index is -0.623. The number of nitrogens with zero attached hydrogens (tertiary/aromatic N) is 2. The van der Waals surface area contributed by atoms with Gasteiger partial charge in [0.05, 0.1) is 6.26 Å². The number of benzene rings is 1. The van der Waals surface area contributed by atoms with E-state index in [0.717, 1.165) is 18.5 Å². The summed E-state index contributed by atoms with van der Waals surface area (Å²) in [5.74, 6) is -0.0421. The van der Waals surface area contributed by atoms with Gasteiger partial charge in [-0.3, -0.25) is 9.59 Å². The topological polar surface area (TPSA) is 80.1 Å². The highest BCUT2D eigenvalue weighted by Gasteiger charge is 2.37. The zero-order valence-corrected chi connectivity index (χ0v) is 14.8. The zero-order chi connectivity index (χ0) is 18.8. The second-order valence-corrected chi connectivity index (χ2v) is 6.70. The van der Waals surface area contributed by atoms with Gasteiger partial charge in [0.2, 0.25) is 5.91 Å². The molecule has 4 rings (SSSR count). The Hall–Kier alpha value is -3.09. The fraction of sp³-hybridized carbons (Fsp3) is 0.350. The second-order valence-electron chi connectivity index (χ2n) is 6.70. The molecular weight excluding hydrogens is 348 g/mol. The molecule has 2 aliphatic heterocycles. The molecule has 0 bridgehead atoms. The van der Waals surface area contributed by atoms with E-state index in [1.807, 2.05) is 0 Å². The fourth-order valence-electron chi connectivity index (χ4n) is 3.60. The number of anilines is 1. The first-order valence-corrected chi connectivity index (χ1v) is 9.10. The third kappa shape index (κ3) is 3.45. The molecule has 3 heterocycles. The highest BCUT2D eigenvalue weighted by atomic mass is 16.5. The lowest BCUT2D eigenvalue weighted by Crippen LogP contribution is -2.42. The smallest absolute Gasteiger partial charge is 0.334 e. The van der Waals surface area contributed by atoms with Crippen LogP contribution in [0.3, 0.4) is 0 Å². The first-order valence-electron chi connectivity index (χ1n) is 9.10. The van der Waals surface area contributed by atoms with Gasteiger partial charge in [-0.2, -0.15) is 0 Å². The Morgan fingerprint density at radius 3 is 2.56 bits per heavy atom. The maximum absolute atomic E-state index is 12.6. The van der Waals surface area contributed by atoms with Gasteiger partial charge in [0.15, 0.2) is 5.76 Å². The maximum Gasteiger partial charge on any atom is 0.334 e. The van der Waals surface area contributed by atoms with Crippen molar-refractivity contribution in [1.82, 2.24) is 4.90 Å². The van der Waals surface area contributed by atoms with Crippen LogP contribution in [-0.4, -0.2) is 41.8 Å². The average molecular weight is 368 g/mol. The molecule has 1 atom stereocenters. The van der Waals surface area contributed by atoms with Gasteiger partial charge in [-0.15, -0.1) is 0 Å². The average Bonchev–Trinajstić information content (AvgIpc) is 3.43. The lowest BCUT2D eigenvalue weighted by molar-refractivity contribution is -0.138. The van der Waals surface area contributed by atoms with Crippen molar-refractivity contribution in [1.29, 1.82) is 0 Å². The van der Waals surface area contributed by atoms with Crippen LogP contribution in [0.2, 0.25) is 0 Å². The predicted octanol–water partition coefficient (Wildman–Crippen LogP) is 2.62. The molecule has 2 aliphatic rings. The number of carbonyl (C=O) groups is 3. The van der Waals surface area contributed by atoms with Crippen LogP contribution in [0.15, 0.2) is 47.1 Å². The summed E-state index contributed by atoms with van der Waals surface area (Å²) >= 11 is 0. The lowest BCUT2D eigenvalue weighted by Gasteiger charge is -2.22. The van der Waals surface area contributed by atoms with Gasteiger partial charge in [-0.05, 0) is 55.7 Å². The Labute approximate surface area is 156 Å². The monoisotopic (exact) mass is 368 g/mol. The quantitative estimate of drug-likeness (QED) is 0.612. The number of hydrogen-bond donors (Lipinski definition) is 0. The molecule has 2 aromatic rings. The summed E-state index contributed by atoms with van der Waals surface area (Å²) in [6.45, 7) is 1.21. The van der Waals surface area contributed by atoms with Gasteiger partial charge in [-0.25, -0.2) is 4.79 Å². The van der Waals surface area contributed by atoms with E-state index in [4.69, 9.17) is 9.15 Å². The van der Waals surface area contributed by atoms with E-state index in [1.165, 1.54) is 11.2 Å². The molecule has 2 saturated heterocycles. The fourth-order valence-corrected chi connectivity index (χ4v) is 3.60. The standard InChI is InChI=1S/C20H20N2O5/c23-18-6-2-11-21(18)14-7-9-15(10-8-14)27-20(25)16-4-1-12-22(16)19(24)17-5-3-13-26-17/h3,5,7-10,13,16H,1-2,4,6,11-12H2. The summed E-state index contributed by atoms with van der Waals surface area (Å²) in [7, 11) is 0. The Balaban J connectivity index is 1.42. The Morgan fingerprint density at radius 2 is 1.89 bits per heavy atom. The Kier molecular flexibility index (Phi) is 4.66. The third-order valence-corrected chi connectivity index (χ3v) is 4.96. The van der Waals surface area contributed by atoms with E-state index in [0.29, 0.717) is 31.7 Å². The van der Waals surface area contributed by atoms with Gasteiger partial charge in [-0.1, -0.05) is 0 Å². The van der Waals surface area contributed by atoms with Gasteiger partial charge in [0.25, 0.3) is 5.91 Å². The molecule has 0 radical (unpaired) electrons. The molecule has 1 aromatic heterocycles. The molecule has 0 saturated carbocycles. The summed E-state index contributed by atoms with van der Waals surface area (Å²) in [5, 5.41) is 0. The number of rotatable bonds is 4. The van der Waals surface area contributed by atoms with Crippen molar-refractivity contribution >= 4 is 23.5 Å². The summed E-state index contributed by atoms with van der Waals surface area (Å²) in [4.78, 5) is 40.1. The predicted molar refractivity (Wildman–Crippen MR) is 96.4 cm³/mol. The molecule has 1 aromatic carbocycles.